The molecular weight excluding hydrogens is 342 g/mol. The molecule has 0 bridgehead atoms. The quantitative estimate of drug-likeness (QED) is 0.615. The summed E-state index contributed by atoms with van der Waals surface area (Å²) < 4.78 is 11.3. The monoisotopic (exact) mass is 365 g/mol. The number of urea groups is 1. The normalized spacial score (nSPS) is 10.6. The Morgan fingerprint density at radius 1 is 1.07 bits per heavy atom. The fourth-order valence-electron chi connectivity index (χ4n) is 2.54. The van der Waals surface area contributed by atoms with E-state index < -0.39 is 0 Å². The second-order valence-electron chi connectivity index (χ2n) is 6.28. The van der Waals surface area contributed by atoms with Crippen LogP contribution in [0.3, 0.4) is 0 Å². The Morgan fingerprint density at radius 2 is 1.85 bits per heavy atom. The molecule has 0 atom stereocenters. The van der Waals surface area contributed by atoms with Crippen molar-refractivity contribution in [3.63, 3.8) is 0 Å². The van der Waals surface area contributed by atoms with Crippen molar-refractivity contribution in [3.05, 3.63) is 60.8 Å². The maximum absolute atomic E-state index is 11.9. The Balaban J connectivity index is 1.41. The van der Waals surface area contributed by atoms with Crippen LogP contribution >= 0.6 is 0 Å². The molecular formula is C21H23N3O3. The van der Waals surface area contributed by atoms with Crippen molar-refractivity contribution in [1.29, 1.82) is 0 Å². The summed E-state index contributed by atoms with van der Waals surface area (Å²) in [6.07, 6.45) is 1.88. The topological polar surface area (TPSA) is 72.5 Å². The van der Waals surface area contributed by atoms with Gasteiger partial charge in [0, 0.05) is 17.3 Å². The largest absolute Gasteiger partial charge is 0.492 e. The summed E-state index contributed by atoms with van der Waals surface area (Å²) in [7, 11) is 0. The summed E-state index contributed by atoms with van der Waals surface area (Å²) in [5, 5.41) is 6.56. The maximum atomic E-state index is 11.9. The SMILES string of the molecule is CC(C)Oc1ccc(NC(=O)NCCOc2ccc3ncccc3c2)cc1. The molecule has 140 valence electrons. The molecule has 0 spiro atoms. The third-order valence-electron chi connectivity index (χ3n) is 3.71. The summed E-state index contributed by atoms with van der Waals surface area (Å²) in [4.78, 5) is 16.2. The Labute approximate surface area is 158 Å². The molecule has 6 nitrogen and oxygen atoms in total. The number of hydrogen-bond acceptors (Lipinski definition) is 4. The van der Waals surface area contributed by atoms with Gasteiger partial charge in [0.2, 0.25) is 0 Å². The van der Waals surface area contributed by atoms with Crippen molar-refractivity contribution in [3.8, 4) is 11.5 Å². The summed E-state index contributed by atoms with van der Waals surface area (Å²) >= 11 is 0. The molecule has 2 N–H and O–H groups in total. The molecule has 2 amide bonds. The standard InChI is InChI=1S/C21H23N3O3/c1-15(2)27-18-7-5-17(6-8-18)24-21(25)23-12-13-26-19-9-10-20-16(14-19)4-3-11-22-20/h3-11,14-15H,12-13H2,1-2H3,(H2,23,24,25). The molecule has 27 heavy (non-hydrogen) atoms. The number of aromatic nitrogens is 1. The number of anilines is 1. The van der Waals surface area contributed by atoms with Crippen molar-refractivity contribution >= 4 is 22.6 Å². The molecule has 0 aliphatic carbocycles. The minimum absolute atomic E-state index is 0.117. The highest BCUT2D eigenvalue weighted by Crippen LogP contribution is 2.19. The Morgan fingerprint density at radius 3 is 2.63 bits per heavy atom. The van der Waals surface area contributed by atoms with E-state index in [2.05, 4.69) is 15.6 Å². The number of carbonyl (C=O) groups is 1. The molecule has 0 radical (unpaired) electrons. The van der Waals surface area contributed by atoms with Crippen molar-refractivity contribution in [2.75, 3.05) is 18.5 Å². The number of hydrogen-bond donors (Lipinski definition) is 2. The van der Waals surface area contributed by atoms with Crippen LogP contribution in [0.25, 0.3) is 10.9 Å². The first kappa shape index (κ1) is 18.5. The highest BCUT2D eigenvalue weighted by molar-refractivity contribution is 5.89. The number of carbonyl (C=O) groups excluding carboxylic acids is 1. The zero-order valence-electron chi connectivity index (χ0n) is 15.4. The number of ether oxygens (including phenoxy) is 2. The molecule has 2 aromatic carbocycles. The first-order valence-electron chi connectivity index (χ1n) is 8.89. The van der Waals surface area contributed by atoms with E-state index in [1.165, 1.54) is 0 Å². The van der Waals surface area contributed by atoms with Crippen LogP contribution in [0.2, 0.25) is 0 Å². The summed E-state index contributed by atoms with van der Waals surface area (Å²) in [6.45, 7) is 4.71. The molecule has 3 rings (SSSR count). The van der Waals surface area contributed by atoms with Gasteiger partial charge < -0.3 is 20.1 Å². The highest BCUT2D eigenvalue weighted by Gasteiger charge is 2.03. The fraction of sp³-hybridized carbons (Fsp3) is 0.238. The predicted molar refractivity (Wildman–Crippen MR) is 106 cm³/mol. The number of amides is 2. The lowest BCUT2D eigenvalue weighted by Gasteiger charge is -2.11. The second-order valence-corrected chi connectivity index (χ2v) is 6.28. The highest BCUT2D eigenvalue weighted by atomic mass is 16.5. The maximum Gasteiger partial charge on any atom is 0.319 e. The van der Waals surface area contributed by atoms with Crippen molar-refractivity contribution in [2.45, 2.75) is 20.0 Å². The van der Waals surface area contributed by atoms with E-state index in [1.807, 2.05) is 56.3 Å². The van der Waals surface area contributed by atoms with Crippen LogP contribution in [0.15, 0.2) is 60.8 Å². The van der Waals surface area contributed by atoms with Crippen molar-refractivity contribution < 1.29 is 14.3 Å². The van der Waals surface area contributed by atoms with Gasteiger partial charge in [0.15, 0.2) is 0 Å². The zero-order valence-corrected chi connectivity index (χ0v) is 15.4. The third kappa shape index (κ3) is 5.60. The first-order chi connectivity index (χ1) is 13.1. The van der Waals surface area contributed by atoms with Gasteiger partial charge in [-0.2, -0.15) is 0 Å². The number of nitrogens with one attached hydrogen (secondary N) is 2. The summed E-state index contributed by atoms with van der Waals surface area (Å²) in [5.74, 6) is 1.52. The first-order valence-corrected chi connectivity index (χ1v) is 8.89. The van der Waals surface area contributed by atoms with Gasteiger partial charge in [-0.25, -0.2) is 4.79 Å². The fourth-order valence-corrected chi connectivity index (χ4v) is 2.54. The lowest BCUT2D eigenvalue weighted by atomic mass is 10.2. The van der Waals surface area contributed by atoms with Gasteiger partial charge in [-0.15, -0.1) is 0 Å². The molecule has 0 aliphatic rings. The van der Waals surface area contributed by atoms with Gasteiger partial charge in [-0.1, -0.05) is 6.07 Å². The van der Waals surface area contributed by atoms with E-state index in [9.17, 15) is 4.79 Å². The molecule has 1 heterocycles. The van der Waals surface area contributed by atoms with Gasteiger partial charge in [0.25, 0.3) is 0 Å². The van der Waals surface area contributed by atoms with Gasteiger partial charge >= 0.3 is 6.03 Å². The molecule has 0 saturated heterocycles. The average Bonchev–Trinajstić information content (AvgIpc) is 2.66. The van der Waals surface area contributed by atoms with Crippen LogP contribution < -0.4 is 20.1 Å². The van der Waals surface area contributed by atoms with Crippen molar-refractivity contribution in [2.24, 2.45) is 0 Å². The molecule has 3 aromatic rings. The molecule has 6 heteroatoms. The number of rotatable bonds is 7. The van der Waals surface area contributed by atoms with E-state index in [4.69, 9.17) is 9.47 Å². The van der Waals surface area contributed by atoms with E-state index >= 15 is 0 Å². The average molecular weight is 365 g/mol. The van der Waals surface area contributed by atoms with Crippen LogP contribution in [0.4, 0.5) is 10.5 Å². The van der Waals surface area contributed by atoms with Crippen LogP contribution in [-0.4, -0.2) is 30.3 Å². The predicted octanol–water partition coefficient (Wildman–Crippen LogP) is 4.22. The van der Waals surface area contributed by atoms with Gasteiger partial charge in [0.05, 0.1) is 18.2 Å². The van der Waals surface area contributed by atoms with Crippen LogP contribution in [-0.2, 0) is 0 Å². The second kappa shape index (κ2) is 8.89. The number of benzene rings is 2. The Kier molecular flexibility index (Phi) is 6.10. The molecule has 0 saturated carbocycles. The molecule has 1 aromatic heterocycles. The number of nitrogens with zero attached hydrogens (tertiary/aromatic N) is 1. The van der Waals surface area contributed by atoms with E-state index in [0.29, 0.717) is 18.8 Å². The summed E-state index contributed by atoms with van der Waals surface area (Å²) in [6, 6.07) is 16.6. The minimum Gasteiger partial charge on any atom is -0.492 e. The van der Waals surface area contributed by atoms with E-state index in [0.717, 1.165) is 22.4 Å². The molecule has 0 fully saturated rings. The van der Waals surface area contributed by atoms with Gasteiger partial charge in [0.1, 0.15) is 18.1 Å². The number of fused-ring (bicyclic) bond motifs is 1. The lowest BCUT2D eigenvalue weighted by Crippen LogP contribution is -2.32. The Bertz CT molecular complexity index is 895. The van der Waals surface area contributed by atoms with Crippen LogP contribution in [0.5, 0.6) is 11.5 Å². The zero-order chi connectivity index (χ0) is 19.1. The molecule has 0 unspecified atom stereocenters. The Hall–Kier alpha value is -3.28. The third-order valence-corrected chi connectivity index (χ3v) is 3.71. The lowest BCUT2D eigenvalue weighted by molar-refractivity contribution is 0.242. The van der Waals surface area contributed by atoms with Crippen molar-refractivity contribution in [1.82, 2.24) is 10.3 Å². The minimum atomic E-state index is -0.279. The smallest absolute Gasteiger partial charge is 0.319 e. The molecule has 0 aliphatic heterocycles. The van der Waals surface area contributed by atoms with Gasteiger partial charge in [-0.05, 0) is 62.4 Å². The van der Waals surface area contributed by atoms with E-state index in [-0.39, 0.29) is 12.1 Å². The van der Waals surface area contributed by atoms with E-state index in [1.54, 1.807) is 18.3 Å². The summed E-state index contributed by atoms with van der Waals surface area (Å²) in [5.41, 5.74) is 1.62. The van der Waals surface area contributed by atoms with Crippen LogP contribution in [0, 0.1) is 0 Å². The number of pyridine rings is 1. The van der Waals surface area contributed by atoms with Crippen LogP contribution in [0.1, 0.15) is 13.8 Å². The van der Waals surface area contributed by atoms with Gasteiger partial charge in [-0.3, -0.25) is 4.98 Å².